The minimum Gasteiger partial charge on any atom is -0.239 e. The highest BCUT2D eigenvalue weighted by molar-refractivity contribution is 6.48. The van der Waals surface area contributed by atoms with Crippen LogP contribution in [0.3, 0.4) is 0 Å². The third-order valence-corrected chi connectivity index (χ3v) is 3.03. The van der Waals surface area contributed by atoms with Crippen LogP contribution in [0.1, 0.15) is 24.7 Å². The van der Waals surface area contributed by atoms with Crippen LogP contribution in [0.2, 0.25) is 15.1 Å². The van der Waals surface area contributed by atoms with E-state index in [-0.39, 0.29) is 15.7 Å². The molecule has 14 heavy (non-hydrogen) atoms. The van der Waals surface area contributed by atoms with E-state index in [4.69, 9.17) is 40.1 Å². The van der Waals surface area contributed by atoms with Gasteiger partial charge in [-0.05, 0) is 6.42 Å². The summed E-state index contributed by atoms with van der Waals surface area (Å²) in [5.74, 6) is 0. The van der Waals surface area contributed by atoms with E-state index < -0.39 is 0 Å². The van der Waals surface area contributed by atoms with E-state index >= 15 is 0 Å². The molecular weight excluding hydrogens is 242 g/mol. The average molecular weight is 250 g/mol. The van der Waals surface area contributed by atoms with Crippen LogP contribution < -0.4 is 0 Å². The largest absolute Gasteiger partial charge is 0.239 e. The van der Waals surface area contributed by atoms with Crippen LogP contribution in [0.25, 0.3) is 0 Å². The van der Waals surface area contributed by atoms with Crippen molar-refractivity contribution < 1.29 is 0 Å². The van der Waals surface area contributed by atoms with Gasteiger partial charge in [0.15, 0.2) is 5.69 Å². The first-order valence-electron chi connectivity index (χ1n) is 4.05. The summed E-state index contributed by atoms with van der Waals surface area (Å²) in [6.07, 6.45) is 1.57. The predicted octanol–water partition coefficient (Wildman–Crippen LogP) is 3.87. The molecule has 74 valence electrons. The van der Waals surface area contributed by atoms with Crippen molar-refractivity contribution in [2.45, 2.75) is 19.8 Å². The van der Waals surface area contributed by atoms with Crippen molar-refractivity contribution in [1.29, 1.82) is 5.26 Å². The Hall–Kier alpha value is -0.490. The zero-order valence-electron chi connectivity index (χ0n) is 7.44. The van der Waals surface area contributed by atoms with E-state index in [1.165, 1.54) is 0 Å². The molecule has 0 N–H and O–H groups in total. The van der Waals surface area contributed by atoms with Gasteiger partial charge in [0.2, 0.25) is 0 Å². The highest BCUT2D eigenvalue weighted by Crippen LogP contribution is 2.33. The van der Waals surface area contributed by atoms with Crippen molar-refractivity contribution in [2.24, 2.45) is 0 Å². The Balaban J connectivity index is 3.34. The molecule has 0 saturated heterocycles. The second-order valence-electron chi connectivity index (χ2n) is 2.71. The Morgan fingerprint density at radius 3 is 2.36 bits per heavy atom. The molecule has 0 aromatic carbocycles. The monoisotopic (exact) mass is 248 g/mol. The lowest BCUT2D eigenvalue weighted by Gasteiger charge is -2.06. The van der Waals surface area contributed by atoms with Crippen LogP contribution in [0.5, 0.6) is 0 Å². The maximum absolute atomic E-state index is 8.73. The smallest absolute Gasteiger partial charge is 0.160 e. The number of aryl methyl sites for hydroxylation is 1. The van der Waals surface area contributed by atoms with E-state index in [2.05, 4.69) is 4.98 Å². The number of pyridine rings is 1. The molecule has 0 aliphatic carbocycles. The van der Waals surface area contributed by atoms with Gasteiger partial charge in [-0.1, -0.05) is 48.1 Å². The summed E-state index contributed by atoms with van der Waals surface area (Å²) in [6.45, 7) is 1.99. The van der Waals surface area contributed by atoms with Crippen molar-refractivity contribution in [3.05, 3.63) is 26.5 Å². The first-order valence-corrected chi connectivity index (χ1v) is 5.18. The summed E-state index contributed by atoms with van der Waals surface area (Å²) in [5.41, 5.74) is 0.754. The van der Waals surface area contributed by atoms with Gasteiger partial charge in [-0.15, -0.1) is 0 Å². The van der Waals surface area contributed by atoms with E-state index in [1.54, 1.807) is 0 Å². The summed E-state index contributed by atoms with van der Waals surface area (Å²) < 4.78 is 0. The third kappa shape index (κ3) is 2.12. The first-order chi connectivity index (χ1) is 6.61. The minimum absolute atomic E-state index is 0.124. The number of rotatable bonds is 2. The van der Waals surface area contributed by atoms with E-state index in [0.29, 0.717) is 17.1 Å². The van der Waals surface area contributed by atoms with Gasteiger partial charge in [-0.25, -0.2) is 4.98 Å². The molecule has 0 aliphatic rings. The van der Waals surface area contributed by atoms with Crippen LogP contribution in [0.4, 0.5) is 0 Å². The molecule has 0 saturated carbocycles. The summed E-state index contributed by atoms with van der Waals surface area (Å²) in [6, 6.07) is 1.88. The van der Waals surface area contributed by atoms with Crippen LogP contribution in [-0.2, 0) is 6.42 Å². The maximum Gasteiger partial charge on any atom is 0.160 e. The fourth-order valence-electron chi connectivity index (χ4n) is 1.04. The van der Waals surface area contributed by atoms with Gasteiger partial charge in [0.05, 0.1) is 20.8 Å². The van der Waals surface area contributed by atoms with Crippen molar-refractivity contribution in [3.8, 4) is 6.07 Å². The second kappa shape index (κ2) is 4.84. The van der Waals surface area contributed by atoms with Gasteiger partial charge in [0.1, 0.15) is 6.07 Å². The van der Waals surface area contributed by atoms with Crippen LogP contribution in [0, 0.1) is 11.3 Å². The molecule has 1 aromatic rings. The Morgan fingerprint density at radius 2 is 1.86 bits per heavy atom. The number of nitrogens with zero attached hydrogens (tertiary/aromatic N) is 2. The Kier molecular flexibility index (Phi) is 4.00. The Morgan fingerprint density at radius 1 is 1.21 bits per heavy atom. The average Bonchev–Trinajstić information content (AvgIpc) is 2.19. The topological polar surface area (TPSA) is 36.7 Å². The SMILES string of the molecule is CCCc1nc(C#N)c(Cl)c(Cl)c1Cl. The molecule has 0 fully saturated rings. The second-order valence-corrected chi connectivity index (χ2v) is 3.84. The quantitative estimate of drug-likeness (QED) is 0.798. The van der Waals surface area contributed by atoms with E-state index in [9.17, 15) is 0 Å². The molecule has 0 spiro atoms. The van der Waals surface area contributed by atoms with Gasteiger partial charge in [0.25, 0.3) is 0 Å². The zero-order valence-corrected chi connectivity index (χ0v) is 9.71. The maximum atomic E-state index is 8.73. The van der Waals surface area contributed by atoms with Crippen LogP contribution in [0.15, 0.2) is 0 Å². The van der Waals surface area contributed by atoms with Crippen molar-refractivity contribution >= 4 is 34.8 Å². The van der Waals surface area contributed by atoms with Gasteiger partial charge in [0, 0.05) is 0 Å². The Bertz CT molecular complexity index is 396. The molecule has 5 heteroatoms. The van der Waals surface area contributed by atoms with Gasteiger partial charge in [-0.2, -0.15) is 5.26 Å². The van der Waals surface area contributed by atoms with Crippen molar-refractivity contribution in [3.63, 3.8) is 0 Å². The van der Waals surface area contributed by atoms with Crippen molar-refractivity contribution in [1.82, 2.24) is 4.98 Å². The summed E-state index contributed by atoms with van der Waals surface area (Å²) >= 11 is 17.5. The highest BCUT2D eigenvalue weighted by Gasteiger charge is 2.14. The van der Waals surface area contributed by atoms with Crippen molar-refractivity contribution in [2.75, 3.05) is 0 Å². The third-order valence-electron chi connectivity index (χ3n) is 1.69. The number of hydrogen-bond acceptors (Lipinski definition) is 2. The molecule has 0 radical (unpaired) electrons. The minimum atomic E-state index is 0.124. The molecule has 1 rings (SSSR count). The molecule has 0 atom stereocenters. The lowest BCUT2D eigenvalue weighted by atomic mass is 10.2. The lowest BCUT2D eigenvalue weighted by molar-refractivity contribution is 0.880. The van der Waals surface area contributed by atoms with Gasteiger partial charge < -0.3 is 0 Å². The van der Waals surface area contributed by atoms with Crippen LogP contribution >= 0.6 is 34.8 Å². The molecule has 1 heterocycles. The van der Waals surface area contributed by atoms with Gasteiger partial charge >= 0.3 is 0 Å². The number of aromatic nitrogens is 1. The Labute approximate surface area is 97.4 Å². The highest BCUT2D eigenvalue weighted by atomic mass is 35.5. The fourth-order valence-corrected chi connectivity index (χ4v) is 1.69. The normalized spacial score (nSPS) is 9.93. The first kappa shape index (κ1) is 11.6. The number of nitriles is 1. The summed E-state index contributed by atoms with van der Waals surface area (Å²) in [5, 5.41) is 9.41. The predicted molar refractivity (Wildman–Crippen MR) is 58.0 cm³/mol. The number of hydrogen-bond donors (Lipinski definition) is 0. The zero-order chi connectivity index (χ0) is 10.7. The fraction of sp³-hybridized carbons (Fsp3) is 0.333. The van der Waals surface area contributed by atoms with E-state index in [1.807, 2.05) is 13.0 Å². The number of halogens is 3. The molecule has 0 amide bonds. The molecule has 0 unspecified atom stereocenters. The molecule has 0 aliphatic heterocycles. The molecular formula is C9H7Cl3N2. The van der Waals surface area contributed by atoms with Crippen LogP contribution in [-0.4, -0.2) is 4.98 Å². The molecule has 2 nitrogen and oxygen atoms in total. The molecule has 0 bridgehead atoms. The summed E-state index contributed by atoms with van der Waals surface area (Å²) in [7, 11) is 0. The van der Waals surface area contributed by atoms with E-state index in [0.717, 1.165) is 6.42 Å². The standard InChI is InChI=1S/C9H7Cl3N2/c1-2-3-5-7(10)9(12)8(11)6(4-13)14-5/h2-3H2,1H3. The summed E-state index contributed by atoms with van der Waals surface area (Å²) in [4.78, 5) is 4.03. The molecule has 1 aromatic heterocycles. The lowest BCUT2D eigenvalue weighted by Crippen LogP contribution is -1.96. The van der Waals surface area contributed by atoms with Gasteiger partial charge in [-0.3, -0.25) is 0 Å².